The van der Waals surface area contributed by atoms with E-state index < -0.39 is 6.04 Å². The number of aryl methyl sites for hydroxylation is 1. The van der Waals surface area contributed by atoms with Gasteiger partial charge in [0.15, 0.2) is 0 Å². The zero-order chi connectivity index (χ0) is 17.5. The fourth-order valence-electron chi connectivity index (χ4n) is 2.53. The predicted molar refractivity (Wildman–Crippen MR) is 93.7 cm³/mol. The van der Waals surface area contributed by atoms with Crippen LogP contribution >= 0.6 is 0 Å². The standard InChI is InChI=1S/C19H23N3O2/c1-4-15-13-20-11-10-16(15)18(23)21-17(19(24)22(2)3)12-14-8-6-5-7-9-14/h5-11,13,17H,4,12H2,1-3H3,(H,21,23). The van der Waals surface area contributed by atoms with Crippen molar-refractivity contribution in [2.75, 3.05) is 14.1 Å². The maximum absolute atomic E-state index is 12.6. The Hall–Kier alpha value is -2.69. The summed E-state index contributed by atoms with van der Waals surface area (Å²) in [6, 6.07) is 10.8. The molecule has 1 unspecified atom stereocenters. The van der Waals surface area contributed by atoms with Crippen molar-refractivity contribution in [3.63, 3.8) is 0 Å². The zero-order valence-electron chi connectivity index (χ0n) is 14.3. The summed E-state index contributed by atoms with van der Waals surface area (Å²) in [5.41, 5.74) is 2.44. The van der Waals surface area contributed by atoms with E-state index in [-0.39, 0.29) is 11.8 Å². The summed E-state index contributed by atoms with van der Waals surface area (Å²) in [7, 11) is 3.38. The van der Waals surface area contributed by atoms with Crippen LogP contribution in [0.5, 0.6) is 0 Å². The summed E-state index contributed by atoms with van der Waals surface area (Å²) >= 11 is 0. The summed E-state index contributed by atoms with van der Waals surface area (Å²) in [5.74, 6) is -0.371. The van der Waals surface area contributed by atoms with Crippen molar-refractivity contribution >= 4 is 11.8 Å². The molecule has 1 aromatic carbocycles. The van der Waals surface area contributed by atoms with E-state index in [4.69, 9.17) is 0 Å². The molecule has 0 bridgehead atoms. The molecule has 2 amide bonds. The summed E-state index contributed by atoms with van der Waals surface area (Å²) < 4.78 is 0. The number of benzene rings is 1. The minimum Gasteiger partial charge on any atom is -0.347 e. The van der Waals surface area contributed by atoms with E-state index >= 15 is 0 Å². The van der Waals surface area contributed by atoms with Gasteiger partial charge in [-0.25, -0.2) is 0 Å². The van der Waals surface area contributed by atoms with Gasteiger partial charge >= 0.3 is 0 Å². The lowest BCUT2D eigenvalue weighted by molar-refractivity contribution is -0.130. The fraction of sp³-hybridized carbons (Fsp3) is 0.316. The van der Waals surface area contributed by atoms with E-state index in [0.717, 1.165) is 11.1 Å². The maximum atomic E-state index is 12.6. The second-order valence-corrected chi connectivity index (χ2v) is 5.83. The number of amides is 2. The van der Waals surface area contributed by atoms with Crippen LogP contribution in [-0.2, 0) is 17.6 Å². The molecule has 1 heterocycles. The first-order valence-corrected chi connectivity index (χ1v) is 8.01. The highest BCUT2D eigenvalue weighted by molar-refractivity contribution is 5.98. The van der Waals surface area contributed by atoms with E-state index in [1.807, 2.05) is 37.3 Å². The average Bonchev–Trinajstić information content (AvgIpc) is 2.61. The fourth-order valence-corrected chi connectivity index (χ4v) is 2.53. The first kappa shape index (κ1) is 17.7. The molecule has 0 radical (unpaired) electrons. The van der Waals surface area contributed by atoms with Crippen LogP contribution in [0.25, 0.3) is 0 Å². The van der Waals surface area contributed by atoms with Gasteiger partial charge in [-0.15, -0.1) is 0 Å². The van der Waals surface area contributed by atoms with Gasteiger partial charge in [0.1, 0.15) is 6.04 Å². The molecule has 0 saturated carbocycles. The number of nitrogens with one attached hydrogen (secondary N) is 1. The van der Waals surface area contributed by atoms with Crippen LogP contribution in [0.2, 0.25) is 0 Å². The Bertz CT molecular complexity index is 699. The smallest absolute Gasteiger partial charge is 0.252 e. The summed E-state index contributed by atoms with van der Waals surface area (Å²) in [4.78, 5) is 30.7. The van der Waals surface area contributed by atoms with Gasteiger partial charge in [-0.1, -0.05) is 37.3 Å². The molecule has 2 aromatic rings. The lowest BCUT2D eigenvalue weighted by Crippen LogP contribution is -2.47. The molecule has 126 valence electrons. The minimum absolute atomic E-state index is 0.126. The molecule has 5 nitrogen and oxygen atoms in total. The molecular formula is C19H23N3O2. The van der Waals surface area contributed by atoms with Crippen molar-refractivity contribution in [1.82, 2.24) is 15.2 Å². The lowest BCUT2D eigenvalue weighted by atomic mass is 10.0. The monoisotopic (exact) mass is 325 g/mol. The van der Waals surface area contributed by atoms with Crippen LogP contribution in [-0.4, -0.2) is 41.8 Å². The van der Waals surface area contributed by atoms with Crippen LogP contribution in [0, 0.1) is 0 Å². The number of rotatable bonds is 6. The Labute approximate surface area is 142 Å². The topological polar surface area (TPSA) is 62.3 Å². The second-order valence-electron chi connectivity index (χ2n) is 5.83. The molecule has 1 N–H and O–H groups in total. The molecule has 0 saturated heterocycles. The van der Waals surface area contributed by atoms with Gasteiger partial charge in [-0.3, -0.25) is 14.6 Å². The van der Waals surface area contributed by atoms with E-state index in [1.165, 1.54) is 4.90 Å². The van der Waals surface area contributed by atoms with Crippen molar-refractivity contribution in [2.45, 2.75) is 25.8 Å². The van der Waals surface area contributed by atoms with Gasteiger partial charge < -0.3 is 10.2 Å². The van der Waals surface area contributed by atoms with E-state index in [2.05, 4.69) is 10.3 Å². The maximum Gasteiger partial charge on any atom is 0.252 e. The molecule has 0 spiro atoms. The number of nitrogens with zero attached hydrogens (tertiary/aromatic N) is 2. The number of likely N-dealkylation sites (N-methyl/N-ethyl adjacent to an activating group) is 1. The number of pyridine rings is 1. The molecule has 0 aliphatic carbocycles. The van der Waals surface area contributed by atoms with Crippen LogP contribution in [0.1, 0.15) is 28.4 Å². The lowest BCUT2D eigenvalue weighted by Gasteiger charge is -2.22. The Morgan fingerprint density at radius 2 is 1.88 bits per heavy atom. The van der Waals surface area contributed by atoms with Crippen LogP contribution < -0.4 is 5.32 Å². The summed E-state index contributed by atoms with van der Waals surface area (Å²) in [6.07, 6.45) is 4.45. The zero-order valence-corrected chi connectivity index (χ0v) is 14.3. The van der Waals surface area contributed by atoms with E-state index in [9.17, 15) is 9.59 Å². The summed E-state index contributed by atoms with van der Waals surface area (Å²) in [6.45, 7) is 1.97. The van der Waals surface area contributed by atoms with Crippen LogP contribution in [0.4, 0.5) is 0 Å². The van der Waals surface area contributed by atoms with Crippen molar-refractivity contribution in [3.8, 4) is 0 Å². The van der Waals surface area contributed by atoms with Gasteiger partial charge in [0.2, 0.25) is 5.91 Å². The molecule has 1 atom stereocenters. The third-order valence-corrected chi connectivity index (χ3v) is 3.86. The normalized spacial score (nSPS) is 11.6. The molecule has 5 heteroatoms. The highest BCUT2D eigenvalue weighted by Crippen LogP contribution is 2.10. The molecule has 0 aliphatic heterocycles. The number of hydrogen-bond acceptors (Lipinski definition) is 3. The third kappa shape index (κ3) is 4.41. The molecule has 24 heavy (non-hydrogen) atoms. The first-order valence-electron chi connectivity index (χ1n) is 8.01. The van der Waals surface area contributed by atoms with E-state index in [1.54, 1.807) is 32.6 Å². The van der Waals surface area contributed by atoms with Gasteiger partial charge in [0.25, 0.3) is 5.91 Å². The first-order chi connectivity index (χ1) is 11.5. The van der Waals surface area contributed by atoms with Crippen molar-refractivity contribution in [2.24, 2.45) is 0 Å². The van der Waals surface area contributed by atoms with Crippen molar-refractivity contribution in [1.29, 1.82) is 0 Å². The average molecular weight is 325 g/mol. The third-order valence-electron chi connectivity index (χ3n) is 3.86. The second kappa shape index (κ2) is 8.24. The molecule has 1 aromatic heterocycles. The number of hydrogen-bond donors (Lipinski definition) is 1. The van der Waals surface area contributed by atoms with Gasteiger partial charge in [0.05, 0.1) is 0 Å². The molecular weight excluding hydrogens is 302 g/mol. The van der Waals surface area contributed by atoms with Gasteiger partial charge in [-0.2, -0.15) is 0 Å². The predicted octanol–water partition coefficient (Wildman–Crippen LogP) is 2.07. The van der Waals surface area contributed by atoms with Gasteiger partial charge in [-0.05, 0) is 23.6 Å². The quantitative estimate of drug-likeness (QED) is 0.884. The number of carbonyl (C=O) groups is 2. The van der Waals surface area contributed by atoms with Crippen molar-refractivity contribution < 1.29 is 9.59 Å². The van der Waals surface area contributed by atoms with Crippen molar-refractivity contribution in [3.05, 3.63) is 65.5 Å². The highest BCUT2D eigenvalue weighted by Gasteiger charge is 2.24. The Morgan fingerprint density at radius 3 is 2.50 bits per heavy atom. The highest BCUT2D eigenvalue weighted by atomic mass is 16.2. The van der Waals surface area contributed by atoms with E-state index in [0.29, 0.717) is 18.4 Å². The molecule has 0 aliphatic rings. The largest absolute Gasteiger partial charge is 0.347 e. The number of aromatic nitrogens is 1. The van der Waals surface area contributed by atoms with Crippen LogP contribution in [0.15, 0.2) is 48.8 Å². The summed E-state index contributed by atoms with van der Waals surface area (Å²) in [5, 5.41) is 2.88. The van der Waals surface area contributed by atoms with Crippen LogP contribution in [0.3, 0.4) is 0 Å². The molecule has 2 rings (SSSR count). The number of carbonyl (C=O) groups excluding carboxylic acids is 2. The SMILES string of the molecule is CCc1cnccc1C(=O)NC(Cc1ccccc1)C(=O)N(C)C. The molecule has 0 fully saturated rings. The Balaban J connectivity index is 2.21. The Kier molecular flexibility index (Phi) is 6.07. The minimum atomic E-state index is -0.604. The Morgan fingerprint density at radius 1 is 1.17 bits per heavy atom. The van der Waals surface area contributed by atoms with Gasteiger partial charge in [0, 0.05) is 38.5 Å².